The smallest absolute Gasteiger partial charge is 0.251 e. The first-order valence-corrected chi connectivity index (χ1v) is 19.7. The molecule has 9 rings (SSSR count). The van der Waals surface area contributed by atoms with Crippen molar-refractivity contribution < 1.29 is 9.59 Å². The van der Waals surface area contributed by atoms with Gasteiger partial charge in [0.1, 0.15) is 0 Å². The number of benzene rings is 3. The van der Waals surface area contributed by atoms with Crippen LogP contribution in [0.5, 0.6) is 0 Å². The molecule has 0 aliphatic carbocycles. The summed E-state index contributed by atoms with van der Waals surface area (Å²) in [6, 6.07) is 20.1. The van der Waals surface area contributed by atoms with Gasteiger partial charge in [0, 0.05) is 103 Å². The molecule has 0 saturated carbocycles. The third-order valence-corrected chi connectivity index (χ3v) is 11.3. The number of guanidine groups is 2. The van der Waals surface area contributed by atoms with Gasteiger partial charge in [0.05, 0.1) is 22.8 Å². The molecule has 54 heavy (non-hydrogen) atoms. The Kier molecular flexibility index (Phi) is 9.57. The summed E-state index contributed by atoms with van der Waals surface area (Å²) in [5, 5.41) is 6.24. The minimum absolute atomic E-state index is 0.0551. The van der Waals surface area contributed by atoms with Crippen LogP contribution < -0.4 is 10.6 Å². The molecule has 2 fully saturated rings. The average Bonchev–Trinajstić information content (AvgIpc) is 3.85. The van der Waals surface area contributed by atoms with Crippen molar-refractivity contribution in [2.45, 2.75) is 38.5 Å². The fraction of sp³-hybridized carbons (Fsp3) is 0.429. The minimum Gasteiger partial charge on any atom is -0.350 e. The quantitative estimate of drug-likeness (QED) is 0.326. The van der Waals surface area contributed by atoms with Crippen LogP contribution in [-0.4, -0.2) is 133 Å². The molecule has 3 aromatic rings. The van der Waals surface area contributed by atoms with E-state index in [1.807, 2.05) is 36.4 Å². The molecule has 12 heteroatoms. The highest BCUT2D eigenvalue weighted by molar-refractivity contribution is 6.10. The number of carbonyl (C=O) groups is 2. The van der Waals surface area contributed by atoms with Crippen LogP contribution in [0.2, 0.25) is 0 Å². The molecule has 2 amide bonds. The Labute approximate surface area is 316 Å². The van der Waals surface area contributed by atoms with Crippen molar-refractivity contribution >= 4 is 46.5 Å². The van der Waals surface area contributed by atoms with E-state index in [9.17, 15) is 9.59 Å². The number of hydrogen-bond donors (Lipinski definition) is 2. The predicted molar refractivity (Wildman–Crippen MR) is 213 cm³/mol. The van der Waals surface area contributed by atoms with E-state index in [1.54, 1.807) is 0 Å². The molecular weight excluding hydrogens is 677 g/mol. The standard InChI is InChI=1S/C42H48N10O2/c53-39(43-15-23-51-21-3-19-49-17-1-13-45-41(49)51)31-9-11-35-33(25-31)27-37(47-35)29-5-7-30(8-6-29)38-28-34-26-32(10-12-36(34)48-38)40(54)44-16-24-52-22-4-20-50-18-2-14-46-42(50)52/h5-12,25-26H,1-4,13-24,27-28H2,(H,43,53)(H,44,54). The third-order valence-electron chi connectivity index (χ3n) is 11.3. The summed E-state index contributed by atoms with van der Waals surface area (Å²) < 4.78 is 0. The maximum atomic E-state index is 13.1. The summed E-state index contributed by atoms with van der Waals surface area (Å²) in [6.45, 7) is 10.8. The summed E-state index contributed by atoms with van der Waals surface area (Å²) in [7, 11) is 0. The van der Waals surface area contributed by atoms with Crippen molar-refractivity contribution in [3.05, 3.63) is 94.0 Å². The molecule has 6 aliphatic rings. The van der Waals surface area contributed by atoms with E-state index in [2.05, 4.69) is 54.5 Å². The number of aliphatic imine (C=N–C) groups is 4. The van der Waals surface area contributed by atoms with Crippen LogP contribution in [0, 0.1) is 0 Å². The number of hydrogen-bond acceptors (Lipinski definition) is 10. The van der Waals surface area contributed by atoms with Gasteiger partial charge in [-0.25, -0.2) is 0 Å². The largest absolute Gasteiger partial charge is 0.350 e. The average molecular weight is 725 g/mol. The van der Waals surface area contributed by atoms with Gasteiger partial charge in [-0.15, -0.1) is 0 Å². The second-order valence-electron chi connectivity index (χ2n) is 15.0. The van der Waals surface area contributed by atoms with Crippen LogP contribution in [-0.2, 0) is 12.8 Å². The first-order chi connectivity index (χ1) is 26.6. The fourth-order valence-electron chi connectivity index (χ4n) is 8.52. The number of nitrogens with zero attached hydrogens (tertiary/aromatic N) is 8. The molecule has 278 valence electrons. The molecule has 0 atom stereocenters. The van der Waals surface area contributed by atoms with Crippen LogP contribution in [0.4, 0.5) is 11.4 Å². The van der Waals surface area contributed by atoms with Crippen molar-refractivity contribution in [3.63, 3.8) is 0 Å². The van der Waals surface area contributed by atoms with Gasteiger partial charge < -0.3 is 30.2 Å². The molecule has 3 aromatic carbocycles. The fourth-order valence-corrected chi connectivity index (χ4v) is 8.52. The number of nitrogens with one attached hydrogen (secondary N) is 2. The topological polar surface area (TPSA) is 121 Å². The van der Waals surface area contributed by atoms with E-state index in [0.717, 1.165) is 148 Å². The highest BCUT2D eigenvalue weighted by Crippen LogP contribution is 2.32. The third kappa shape index (κ3) is 7.09. The molecule has 6 aliphatic heterocycles. The van der Waals surface area contributed by atoms with Crippen LogP contribution in [0.1, 0.15) is 68.7 Å². The lowest BCUT2D eigenvalue weighted by molar-refractivity contribution is 0.0941. The van der Waals surface area contributed by atoms with Crippen molar-refractivity contribution in [1.29, 1.82) is 0 Å². The zero-order valence-corrected chi connectivity index (χ0v) is 30.9. The normalized spacial score (nSPS) is 18.8. The van der Waals surface area contributed by atoms with Crippen LogP contribution in [0.25, 0.3) is 0 Å². The minimum atomic E-state index is -0.0551. The Bertz CT molecular complexity index is 1920. The van der Waals surface area contributed by atoms with E-state index in [0.29, 0.717) is 37.1 Å². The van der Waals surface area contributed by atoms with Crippen molar-refractivity contribution in [1.82, 2.24) is 30.2 Å². The summed E-state index contributed by atoms with van der Waals surface area (Å²) in [5.74, 6) is 2.08. The summed E-state index contributed by atoms with van der Waals surface area (Å²) in [5.41, 5.74) is 9.41. The molecular formula is C42H48N10O2. The van der Waals surface area contributed by atoms with Gasteiger partial charge in [-0.1, -0.05) is 24.3 Å². The summed E-state index contributed by atoms with van der Waals surface area (Å²) >= 11 is 0. The van der Waals surface area contributed by atoms with Crippen LogP contribution in [0.15, 0.2) is 80.6 Å². The highest BCUT2D eigenvalue weighted by Gasteiger charge is 2.27. The number of rotatable bonds is 10. The van der Waals surface area contributed by atoms with E-state index in [-0.39, 0.29) is 11.8 Å². The second-order valence-corrected chi connectivity index (χ2v) is 15.0. The molecule has 0 spiro atoms. The van der Waals surface area contributed by atoms with E-state index in [1.165, 1.54) is 0 Å². The number of amides is 2. The number of carbonyl (C=O) groups excluding carboxylic acids is 2. The molecule has 2 saturated heterocycles. The Morgan fingerprint density at radius 2 is 1.00 bits per heavy atom. The Morgan fingerprint density at radius 1 is 0.556 bits per heavy atom. The highest BCUT2D eigenvalue weighted by atomic mass is 16.2. The Morgan fingerprint density at radius 3 is 1.46 bits per heavy atom. The molecule has 0 bridgehead atoms. The molecule has 0 radical (unpaired) electrons. The maximum absolute atomic E-state index is 13.1. The van der Waals surface area contributed by atoms with Crippen molar-refractivity contribution in [2.75, 3.05) is 78.5 Å². The van der Waals surface area contributed by atoms with Gasteiger partial charge in [0.15, 0.2) is 11.9 Å². The maximum Gasteiger partial charge on any atom is 0.251 e. The Hall–Kier alpha value is -5.52. The van der Waals surface area contributed by atoms with Gasteiger partial charge in [-0.05, 0) is 84.3 Å². The van der Waals surface area contributed by atoms with E-state index >= 15 is 0 Å². The SMILES string of the molecule is O=C(NCCN1CCCN2CCCN=C21)c1ccc2c(c1)CC(c1ccc(C3=Nc4ccc(C(=O)NCCN5CCCN6CCCN=C65)cc4C3)cc1)=N2. The van der Waals surface area contributed by atoms with Gasteiger partial charge in [0.2, 0.25) is 0 Å². The van der Waals surface area contributed by atoms with Gasteiger partial charge in [-0.3, -0.25) is 29.6 Å². The van der Waals surface area contributed by atoms with Crippen LogP contribution in [0.3, 0.4) is 0 Å². The second kappa shape index (κ2) is 15.1. The lowest BCUT2D eigenvalue weighted by atomic mass is 9.98. The molecule has 0 aromatic heterocycles. The lowest BCUT2D eigenvalue weighted by Crippen LogP contribution is -2.53. The Balaban J connectivity index is 0.762. The molecule has 6 heterocycles. The summed E-state index contributed by atoms with van der Waals surface area (Å²) in [4.78, 5) is 54.9. The predicted octanol–water partition coefficient (Wildman–Crippen LogP) is 4.03. The van der Waals surface area contributed by atoms with E-state index < -0.39 is 0 Å². The first kappa shape index (κ1) is 34.3. The van der Waals surface area contributed by atoms with Crippen LogP contribution >= 0.6 is 0 Å². The molecule has 2 N–H and O–H groups in total. The van der Waals surface area contributed by atoms with Gasteiger partial charge >= 0.3 is 0 Å². The summed E-state index contributed by atoms with van der Waals surface area (Å²) in [6.07, 6.45) is 5.86. The zero-order chi connectivity index (χ0) is 36.4. The van der Waals surface area contributed by atoms with E-state index in [4.69, 9.17) is 20.0 Å². The van der Waals surface area contributed by atoms with Crippen molar-refractivity contribution in [2.24, 2.45) is 20.0 Å². The van der Waals surface area contributed by atoms with Crippen molar-refractivity contribution in [3.8, 4) is 0 Å². The lowest BCUT2D eigenvalue weighted by Gasteiger charge is -2.41. The number of fused-ring (bicyclic) bond motifs is 4. The first-order valence-electron chi connectivity index (χ1n) is 19.7. The van der Waals surface area contributed by atoms with Gasteiger partial charge in [-0.2, -0.15) is 0 Å². The zero-order valence-electron chi connectivity index (χ0n) is 30.9. The molecule has 12 nitrogen and oxygen atoms in total. The molecule has 0 unspecified atom stereocenters. The van der Waals surface area contributed by atoms with Gasteiger partial charge in [0.25, 0.3) is 11.8 Å². The monoisotopic (exact) mass is 724 g/mol.